The zero-order valence-corrected chi connectivity index (χ0v) is 11.2. The van der Waals surface area contributed by atoms with Gasteiger partial charge in [-0.05, 0) is 19.4 Å². The zero-order valence-electron chi connectivity index (χ0n) is 11.2. The van der Waals surface area contributed by atoms with E-state index >= 15 is 0 Å². The van der Waals surface area contributed by atoms with E-state index in [0.29, 0.717) is 6.04 Å². The first-order valence-corrected chi connectivity index (χ1v) is 5.83. The van der Waals surface area contributed by atoms with Crippen LogP contribution in [-0.2, 0) is 0 Å². The number of nitrogens with one attached hydrogen (secondary N) is 1. The van der Waals surface area contributed by atoms with E-state index in [1.54, 1.807) is 0 Å². The molecule has 0 aromatic carbocycles. The van der Waals surface area contributed by atoms with Crippen molar-refractivity contribution in [1.82, 2.24) is 10.2 Å². The van der Waals surface area contributed by atoms with Gasteiger partial charge in [0, 0.05) is 25.2 Å². The van der Waals surface area contributed by atoms with Gasteiger partial charge in [-0.15, -0.1) is 0 Å². The topological polar surface area (TPSA) is 35.5 Å². The van der Waals surface area contributed by atoms with E-state index in [9.17, 15) is 0 Å². The highest BCUT2D eigenvalue weighted by Gasteiger charge is 2.22. The molecule has 0 saturated heterocycles. The van der Waals surface area contributed by atoms with Gasteiger partial charge in [0.25, 0.3) is 0 Å². The van der Waals surface area contributed by atoms with E-state index in [0.717, 1.165) is 13.1 Å². The summed E-state index contributed by atoms with van der Waals surface area (Å²) in [7, 11) is 2.07. The maximum atomic E-state index is 9.06. The number of aliphatic hydroxyl groups is 1. The number of hydrogen-bond acceptors (Lipinski definition) is 3. The van der Waals surface area contributed by atoms with E-state index in [2.05, 4.69) is 45.0 Å². The van der Waals surface area contributed by atoms with E-state index in [1.165, 1.54) is 0 Å². The molecule has 0 spiro atoms. The molecule has 0 fully saturated rings. The third kappa shape index (κ3) is 6.88. The third-order valence-corrected chi connectivity index (χ3v) is 2.68. The van der Waals surface area contributed by atoms with Crippen molar-refractivity contribution in [2.45, 2.75) is 46.7 Å². The van der Waals surface area contributed by atoms with Gasteiger partial charge in [0.05, 0.1) is 6.61 Å². The fourth-order valence-electron chi connectivity index (χ4n) is 1.51. The van der Waals surface area contributed by atoms with Crippen molar-refractivity contribution in [1.29, 1.82) is 0 Å². The average molecular weight is 216 g/mol. The van der Waals surface area contributed by atoms with Gasteiger partial charge < -0.3 is 15.3 Å². The molecule has 2 N–H and O–H groups in total. The molecule has 92 valence electrons. The second kappa shape index (κ2) is 6.46. The smallest absolute Gasteiger partial charge is 0.0584 e. The molecule has 0 saturated carbocycles. The molecular formula is C12H28N2O. The summed E-state index contributed by atoms with van der Waals surface area (Å²) < 4.78 is 0. The van der Waals surface area contributed by atoms with Gasteiger partial charge in [0.2, 0.25) is 0 Å². The summed E-state index contributed by atoms with van der Waals surface area (Å²) in [4.78, 5) is 2.21. The Morgan fingerprint density at radius 2 is 1.80 bits per heavy atom. The molecule has 1 atom stereocenters. The molecule has 0 aromatic rings. The molecule has 0 radical (unpaired) electrons. The molecule has 1 unspecified atom stereocenters. The van der Waals surface area contributed by atoms with Crippen LogP contribution in [0.4, 0.5) is 0 Å². The van der Waals surface area contributed by atoms with Gasteiger partial charge in [-0.2, -0.15) is 0 Å². The van der Waals surface area contributed by atoms with Crippen molar-refractivity contribution in [2.75, 3.05) is 26.7 Å². The van der Waals surface area contributed by atoms with Crippen molar-refractivity contribution in [3.05, 3.63) is 0 Å². The maximum Gasteiger partial charge on any atom is 0.0584 e. The predicted molar refractivity (Wildman–Crippen MR) is 66.1 cm³/mol. The quantitative estimate of drug-likeness (QED) is 0.674. The first-order chi connectivity index (χ1) is 6.78. The molecule has 15 heavy (non-hydrogen) atoms. The van der Waals surface area contributed by atoms with Crippen LogP contribution in [0.25, 0.3) is 0 Å². The molecule has 0 aliphatic heterocycles. The molecule has 3 heteroatoms. The summed E-state index contributed by atoms with van der Waals surface area (Å²) in [5.74, 6) is 0. The highest BCUT2D eigenvalue weighted by atomic mass is 16.3. The Kier molecular flexibility index (Phi) is 6.41. The fraction of sp³-hybridized carbons (Fsp3) is 1.00. The van der Waals surface area contributed by atoms with Gasteiger partial charge in [-0.25, -0.2) is 0 Å². The number of aliphatic hydroxyl groups excluding tert-OH is 1. The minimum atomic E-state index is 0.226. The first-order valence-electron chi connectivity index (χ1n) is 5.83. The molecule has 0 rings (SSSR count). The Labute approximate surface area is 94.9 Å². The molecule has 0 heterocycles. The van der Waals surface area contributed by atoms with E-state index in [1.807, 2.05) is 6.92 Å². The Bertz CT molecular complexity index is 169. The van der Waals surface area contributed by atoms with Crippen molar-refractivity contribution < 1.29 is 5.11 Å². The van der Waals surface area contributed by atoms with Crippen LogP contribution in [-0.4, -0.2) is 48.8 Å². The van der Waals surface area contributed by atoms with Crippen LogP contribution in [0, 0.1) is 5.41 Å². The minimum absolute atomic E-state index is 0.226. The van der Waals surface area contributed by atoms with Crippen LogP contribution in [0.3, 0.4) is 0 Å². The lowest BCUT2D eigenvalue weighted by molar-refractivity contribution is 0.116. The Morgan fingerprint density at radius 3 is 2.20 bits per heavy atom. The number of rotatable bonds is 7. The monoisotopic (exact) mass is 216 g/mol. The summed E-state index contributed by atoms with van der Waals surface area (Å²) in [6.07, 6.45) is 0. The lowest BCUT2D eigenvalue weighted by Gasteiger charge is -2.34. The van der Waals surface area contributed by atoms with E-state index < -0.39 is 0 Å². The molecule has 0 bridgehead atoms. The first kappa shape index (κ1) is 14.9. The van der Waals surface area contributed by atoms with Crippen LogP contribution < -0.4 is 5.32 Å². The van der Waals surface area contributed by atoms with Crippen LogP contribution in [0.5, 0.6) is 0 Å². The lowest BCUT2D eigenvalue weighted by Crippen LogP contribution is -2.44. The summed E-state index contributed by atoms with van der Waals surface area (Å²) in [5, 5.41) is 12.5. The average Bonchev–Trinajstić information content (AvgIpc) is 2.13. The third-order valence-electron chi connectivity index (χ3n) is 2.68. The number of nitrogens with zero attached hydrogens (tertiary/aromatic N) is 1. The Hall–Kier alpha value is -0.120. The summed E-state index contributed by atoms with van der Waals surface area (Å²) >= 11 is 0. The van der Waals surface area contributed by atoms with Crippen LogP contribution in [0.15, 0.2) is 0 Å². The summed E-state index contributed by atoms with van der Waals surface area (Å²) in [6.45, 7) is 13.1. The van der Waals surface area contributed by atoms with Crippen molar-refractivity contribution in [3.63, 3.8) is 0 Å². The molecule has 0 aliphatic carbocycles. The Morgan fingerprint density at radius 1 is 1.27 bits per heavy atom. The summed E-state index contributed by atoms with van der Waals surface area (Å²) in [5.41, 5.74) is 0.239. The molecular weight excluding hydrogens is 188 g/mol. The van der Waals surface area contributed by atoms with Gasteiger partial charge >= 0.3 is 0 Å². The second-order valence-corrected chi connectivity index (χ2v) is 5.65. The minimum Gasteiger partial charge on any atom is -0.395 e. The van der Waals surface area contributed by atoms with Crippen molar-refractivity contribution >= 4 is 0 Å². The highest BCUT2D eigenvalue weighted by molar-refractivity contribution is 4.77. The highest BCUT2D eigenvalue weighted by Crippen LogP contribution is 2.16. The van der Waals surface area contributed by atoms with Crippen molar-refractivity contribution in [3.8, 4) is 0 Å². The van der Waals surface area contributed by atoms with Gasteiger partial charge in [0.1, 0.15) is 0 Å². The zero-order chi connectivity index (χ0) is 12.1. The molecule has 0 amide bonds. The lowest BCUT2D eigenvalue weighted by atomic mass is 9.92. The fourth-order valence-corrected chi connectivity index (χ4v) is 1.51. The number of hydrogen-bond donors (Lipinski definition) is 2. The largest absolute Gasteiger partial charge is 0.395 e. The predicted octanol–water partition coefficient (Wildman–Crippen LogP) is 1.32. The van der Waals surface area contributed by atoms with Gasteiger partial charge in [0.15, 0.2) is 0 Å². The summed E-state index contributed by atoms with van der Waals surface area (Å²) in [6, 6.07) is 0.771. The van der Waals surface area contributed by atoms with E-state index in [-0.39, 0.29) is 18.1 Å². The maximum absolute atomic E-state index is 9.06. The molecule has 0 aromatic heterocycles. The Balaban J connectivity index is 4.00. The number of likely N-dealkylation sites (N-methyl/N-ethyl adjacent to an activating group) is 1. The van der Waals surface area contributed by atoms with Crippen LogP contribution in [0.1, 0.15) is 34.6 Å². The van der Waals surface area contributed by atoms with Gasteiger partial charge in [-0.3, -0.25) is 0 Å². The SMILES string of the molecule is CC(C)NCC(C)(C)CN(C)C(C)CO. The normalized spacial score (nSPS) is 15.0. The van der Waals surface area contributed by atoms with E-state index in [4.69, 9.17) is 5.11 Å². The van der Waals surface area contributed by atoms with Crippen LogP contribution in [0.2, 0.25) is 0 Å². The van der Waals surface area contributed by atoms with Crippen molar-refractivity contribution in [2.24, 2.45) is 5.41 Å². The van der Waals surface area contributed by atoms with Gasteiger partial charge in [-0.1, -0.05) is 27.7 Å². The molecule has 0 aliphatic rings. The van der Waals surface area contributed by atoms with Crippen LogP contribution >= 0.6 is 0 Å². The molecule has 3 nitrogen and oxygen atoms in total. The standard InChI is InChI=1S/C12H28N2O/c1-10(2)13-8-12(4,5)9-14(6)11(3)7-15/h10-11,13,15H,7-9H2,1-6H3. The second-order valence-electron chi connectivity index (χ2n) is 5.65.